The predicted molar refractivity (Wildman–Crippen MR) is 96.6 cm³/mol. The Morgan fingerprint density at radius 3 is 2.73 bits per heavy atom. The molecule has 0 saturated carbocycles. The van der Waals surface area contributed by atoms with Crippen molar-refractivity contribution in [2.75, 3.05) is 13.7 Å². The van der Waals surface area contributed by atoms with Crippen LogP contribution >= 0.6 is 11.6 Å². The van der Waals surface area contributed by atoms with Crippen LogP contribution in [0.25, 0.3) is 0 Å². The number of methoxy groups -OCH3 is 1. The quantitative estimate of drug-likeness (QED) is 0.592. The average Bonchev–Trinajstić information content (AvgIpc) is 3.10. The van der Waals surface area contributed by atoms with Gasteiger partial charge in [-0.1, -0.05) is 17.7 Å². The van der Waals surface area contributed by atoms with E-state index in [2.05, 4.69) is 9.88 Å². The fourth-order valence-electron chi connectivity index (χ4n) is 4.26. The molecule has 0 spiro atoms. The molecule has 6 nitrogen and oxygen atoms in total. The van der Waals surface area contributed by atoms with Gasteiger partial charge in [0.15, 0.2) is 0 Å². The van der Waals surface area contributed by atoms with E-state index in [4.69, 9.17) is 21.1 Å². The molecule has 0 radical (unpaired) electrons. The summed E-state index contributed by atoms with van der Waals surface area (Å²) >= 11 is 6.33. The molecule has 0 unspecified atom stereocenters. The van der Waals surface area contributed by atoms with E-state index in [0.29, 0.717) is 24.5 Å². The van der Waals surface area contributed by atoms with E-state index in [1.807, 2.05) is 26.8 Å². The van der Waals surface area contributed by atoms with Gasteiger partial charge < -0.3 is 9.47 Å². The number of carbonyl (C=O) groups is 2. The second-order valence-electron chi connectivity index (χ2n) is 7.99. The number of hydrogen-bond donors (Lipinski definition) is 0. The molecule has 3 rings (SSSR count). The molecule has 26 heavy (non-hydrogen) atoms. The molecular formula is C19H25ClN2O4. The molecule has 0 aromatic carbocycles. The summed E-state index contributed by atoms with van der Waals surface area (Å²) in [6.45, 7) is 6.25. The summed E-state index contributed by atoms with van der Waals surface area (Å²) in [6, 6.07) is 3.30. The molecule has 0 N–H and O–H groups in total. The first-order valence-electron chi connectivity index (χ1n) is 8.88. The standard InChI is InChI=1S/C19H25ClN2O4/c1-18(2,3)26-17(24)19-8-6-10-22(19)14(13(11-19)16(23)25-4)12-7-5-9-21-15(12)20/h5,7,9,13-14H,6,8,10-11H2,1-4H3/t13-,14-,19+/m1/s1. The van der Waals surface area contributed by atoms with E-state index in [1.54, 1.807) is 12.3 Å². The highest BCUT2D eigenvalue weighted by molar-refractivity contribution is 6.30. The lowest BCUT2D eigenvalue weighted by molar-refractivity contribution is -0.167. The maximum atomic E-state index is 13.1. The lowest BCUT2D eigenvalue weighted by atomic mass is 9.87. The maximum Gasteiger partial charge on any atom is 0.327 e. The number of hydrogen-bond acceptors (Lipinski definition) is 6. The van der Waals surface area contributed by atoms with Crippen LogP contribution in [0, 0.1) is 5.92 Å². The molecule has 0 bridgehead atoms. The fraction of sp³-hybridized carbons (Fsp3) is 0.632. The van der Waals surface area contributed by atoms with Crippen molar-refractivity contribution in [1.29, 1.82) is 0 Å². The van der Waals surface area contributed by atoms with Crippen LogP contribution in [0.1, 0.15) is 51.6 Å². The first-order valence-corrected chi connectivity index (χ1v) is 9.26. The third kappa shape index (κ3) is 3.21. The summed E-state index contributed by atoms with van der Waals surface area (Å²) in [5.74, 6) is -1.11. The minimum Gasteiger partial charge on any atom is -0.469 e. The number of nitrogens with zero attached hydrogens (tertiary/aromatic N) is 2. The van der Waals surface area contributed by atoms with Crippen LogP contribution in [0.2, 0.25) is 5.15 Å². The van der Waals surface area contributed by atoms with Gasteiger partial charge in [0.2, 0.25) is 0 Å². The second kappa shape index (κ2) is 6.82. The molecule has 2 aliphatic rings. The van der Waals surface area contributed by atoms with Crippen molar-refractivity contribution in [3.05, 3.63) is 29.0 Å². The number of rotatable bonds is 3. The molecule has 2 fully saturated rings. The number of carbonyl (C=O) groups excluding carboxylic acids is 2. The Balaban J connectivity index is 2.04. The summed E-state index contributed by atoms with van der Waals surface area (Å²) in [5, 5.41) is 0.346. The van der Waals surface area contributed by atoms with Crippen LogP contribution in [-0.4, -0.2) is 46.6 Å². The molecule has 7 heteroatoms. The third-order valence-electron chi connectivity index (χ3n) is 5.20. The van der Waals surface area contributed by atoms with Crippen LogP contribution in [0.3, 0.4) is 0 Å². The monoisotopic (exact) mass is 380 g/mol. The normalized spacial score (nSPS) is 28.7. The first kappa shape index (κ1) is 19.1. The van der Waals surface area contributed by atoms with Crippen LogP contribution in [-0.2, 0) is 19.1 Å². The lowest BCUT2D eigenvalue weighted by Gasteiger charge is -2.35. The number of ether oxygens (including phenoxy) is 2. The minimum atomic E-state index is -0.823. The van der Waals surface area contributed by atoms with Gasteiger partial charge in [-0.05, 0) is 52.6 Å². The van der Waals surface area contributed by atoms with Crippen molar-refractivity contribution in [1.82, 2.24) is 9.88 Å². The van der Waals surface area contributed by atoms with Crippen LogP contribution in [0.5, 0.6) is 0 Å². The second-order valence-corrected chi connectivity index (χ2v) is 8.35. The zero-order valence-electron chi connectivity index (χ0n) is 15.6. The molecule has 1 aromatic heterocycles. The Morgan fingerprint density at radius 2 is 2.12 bits per heavy atom. The molecule has 2 aliphatic heterocycles. The van der Waals surface area contributed by atoms with Gasteiger partial charge >= 0.3 is 11.9 Å². The summed E-state index contributed by atoms with van der Waals surface area (Å²) in [7, 11) is 1.37. The lowest BCUT2D eigenvalue weighted by Crippen LogP contribution is -2.49. The van der Waals surface area contributed by atoms with Gasteiger partial charge in [0.25, 0.3) is 0 Å². The highest BCUT2D eigenvalue weighted by Crippen LogP contribution is 2.53. The Kier molecular flexibility index (Phi) is 5.01. The van der Waals surface area contributed by atoms with E-state index in [-0.39, 0.29) is 18.0 Å². The van der Waals surface area contributed by atoms with Crippen molar-refractivity contribution >= 4 is 23.5 Å². The molecule has 142 valence electrons. The number of halogens is 1. The summed E-state index contributed by atoms with van der Waals surface area (Å²) in [4.78, 5) is 31.9. The van der Waals surface area contributed by atoms with Gasteiger partial charge in [-0.2, -0.15) is 0 Å². The van der Waals surface area contributed by atoms with Crippen molar-refractivity contribution in [2.45, 2.75) is 57.2 Å². The zero-order valence-corrected chi connectivity index (χ0v) is 16.4. The van der Waals surface area contributed by atoms with E-state index in [9.17, 15) is 9.59 Å². The molecular weight excluding hydrogens is 356 g/mol. The Morgan fingerprint density at radius 1 is 1.38 bits per heavy atom. The largest absolute Gasteiger partial charge is 0.469 e. The van der Waals surface area contributed by atoms with Crippen molar-refractivity contribution < 1.29 is 19.1 Å². The van der Waals surface area contributed by atoms with Gasteiger partial charge in [-0.15, -0.1) is 0 Å². The van der Waals surface area contributed by atoms with Gasteiger partial charge in [-0.3, -0.25) is 14.5 Å². The van der Waals surface area contributed by atoms with Crippen LogP contribution < -0.4 is 0 Å². The molecule has 2 saturated heterocycles. The third-order valence-corrected chi connectivity index (χ3v) is 5.52. The summed E-state index contributed by atoms with van der Waals surface area (Å²) in [6.07, 6.45) is 3.49. The minimum absolute atomic E-state index is 0.279. The highest BCUT2D eigenvalue weighted by Gasteiger charge is 2.62. The zero-order chi connectivity index (χ0) is 19.1. The van der Waals surface area contributed by atoms with E-state index in [1.165, 1.54) is 7.11 Å². The van der Waals surface area contributed by atoms with E-state index in [0.717, 1.165) is 12.0 Å². The van der Waals surface area contributed by atoms with Crippen LogP contribution in [0.15, 0.2) is 18.3 Å². The summed E-state index contributed by atoms with van der Waals surface area (Å²) in [5.41, 5.74) is -0.669. The topological polar surface area (TPSA) is 68.7 Å². The van der Waals surface area contributed by atoms with Crippen LogP contribution in [0.4, 0.5) is 0 Å². The number of pyridine rings is 1. The van der Waals surface area contributed by atoms with E-state index >= 15 is 0 Å². The molecule has 3 heterocycles. The number of aromatic nitrogens is 1. The van der Waals surface area contributed by atoms with Gasteiger partial charge in [0, 0.05) is 11.8 Å². The number of fused-ring (bicyclic) bond motifs is 1. The fourth-order valence-corrected chi connectivity index (χ4v) is 4.49. The SMILES string of the molecule is COC(=O)[C@@H]1C[C@]2(C(=O)OC(C)(C)C)CCCN2[C@@H]1c1cccnc1Cl. The van der Waals surface area contributed by atoms with Crippen molar-refractivity contribution in [3.63, 3.8) is 0 Å². The smallest absolute Gasteiger partial charge is 0.327 e. The Labute approximate surface area is 158 Å². The van der Waals surface area contributed by atoms with Gasteiger partial charge in [-0.25, -0.2) is 4.98 Å². The van der Waals surface area contributed by atoms with Crippen molar-refractivity contribution in [2.24, 2.45) is 5.92 Å². The van der Waals surface area contributed by atoms with Gasteiger partial charge in [0.1, 0.15) is 16.3 Å². The Bertz CT molecular complexity index is 718. The Hall–Kier alpha value is -1.66. The predicted octanol–water partition coefficient (Wildman–Crippen LogP) is 3.15. The van der Waals surface area contributed by atoms with Crippen molar-refractivity contribution in [3.8, 4) is 0 Å². The van der Waals surface area contributed by atoms with Gasteiger partial charge in [0.05, 0.1) is 19.1 Å². The van der Waals surface area contributed by atoms with E-state index < -0.39 is 17.1 Å². The average molecular weight is 381 g/mol. The first-order chi connectivity index (χ1) is 12.2. The highest BCUT2D eigenvalue weighted by atomic mass is 35.5. The molecule has 0 aliphatic carbocycles. The molecule has 1 aromatic rings. The number of esters is 2. The maximum absolute atomic E-state index is 13.1. The molecule has 0 amide bonds. The summed E-state index contributed by atoms with van der Waals surface area (Å²) < 4.78 is 10.8. The molecule has 3 atom stereocenters.